The molecule has 2 rings (SSSR count). The molecule has 0 spiro atoms. The molecule has 0 bridgehead atoms. The Morgan fingerprint density at radius 2 is 2.18 bits per heavy atom. The number of piperazine rings is 1. The minimum absolute atomic E-state index is 0.118. The average Bonchev–Trinajstić information content (AvgIpc) is 2.76. The van der Waals surface area contributed by atoms with Crippen LogP contribution in [0.2, 0.25) is 0 Å². The molecule has 0 unspecified atom stereocenters. The van der Waals surface area contributed by atoms with Crippen molar-refractivity contribution in [2.45, 2.75) is 0 Å². The number of terminal acetylenes is 1. The molecule has 0 aromatic carbocycles. The van der Waals surface area contributed by atoms with E-state index in [1.54, 1.807) is 0 Å². The molecule has 2 heterocycles. The van der Waals surface area contributed by atoms with E-state index in [1.165, 1.54) is 11.3 Å². The van der Waals surface area contributed by atoms with Crippen LogP contribution < -0.4 is 0 Å². The number of halogens is 1. The number of thiophene rings is 1. The van der Waals surface area contributed by atoms with Gasteiger partial charge in [0.2, 0.25) is 0 Å². The fourth-order valence-electron chi connectivity index (χ4n) is 1.84. The molecular weight excluding hydrogens is 300 g/mol. The average molecular weight is 313 g/mol. The van der Waals surface area contributed by atoms with E-state index in [0.29, 0.717) is 6.54 Å². The zero-order valence-corrected chi connectivity index (χ0v) is 11.8. The summed E-state index contributed by atoms with van der Waals surface area (Å²) < 4.78 is 0.992. The van der Waals surface area contributed by atoms with Crippen LogP contribution in [0.25, 0.3) is 0 Å². The molecule has 5 heteroatoms. The maximum atomic E-state index is 12.1. The Morgan fingerprint density at radius 3 is 2.71 bits per heavy atom. The van der Waals surface area contributed by atoms with Crippen molar-refractivity contribution in [1.82, 2.24) is 9.80 Å². The molecule has 1 aliphatic rings. The van der Waals surface area contributed by atoms with E-state index < -0.39 is 0 Å². The molecule has 1 amide bonds. The van der Waals surface area contributed by atoms with Crippen molar-refractivity contribution in [1.29, 1.82) is 0 Å². The fraction of sp³-hybridized carbons (Fsp3) is 0.417. The van der Waals surface area contributed by atoms with Gasteiger partial charge in [0.25, 0.3) is 5.91 Å². The van der Waals surface area contributed by atoms with Crippen molar-refractivity contribution in [3.8, 4) is 12.3 Å². The van der Waals surface area contributed by atoms with Gasteiger partial charge in [0, 0.05) is 31.6 Å². The number of amides is 1. The van der Waals surface area contributed by atoms with Gasteiger partial charge in [-0.2, -0.15) is 0 Å². The Hall–Kier alpha value is -0.830. The first-order valence-electron chi connectivity index (χ1n) is 5.40. The van der Waals surface area contributed by atoms with Crippen LogP contribution in [0, 0.1) is 12.3 Å². The molecule has 0 atom stereocenters. The molecular formula is C12H13BrN2OS. The predicted molar refractivity (Wildman–Crippen MR) is 73.2 cm³/mol. The van der Waals surface area contributed by atoms with Crippen molar-refractivity contribution in [3.63, 3.8) is 0 Å². The summed E-state index contributed by atoms with van der Waals surface area (Å²) in [5.41, 5.74) is 0.771. The van der Waals surface area contributed by atoms with Crippen LogP contribution in [0.4, 0.5) is 0 Å². The highest BCUT2D eigenvalue weighted by Gasteiger charge is 2.22. The van der Waals surface area contributed by atoms with E-state index in [9.17, 15) is 4.79 Å². The van der Waals surface area contributed by atoms with Crippen LogP contribution in [-0.4, -0.2) is 48.4 Å². The van der Waals surface area contributed by atoms with Crippen molar-refractivity contribution in [2.75, 3.05) is 32.7 Å². The van der Waals surface area contributed by atoms with Crippen molar-refractivity contribution < 1.29 is 4.79 Å². The number of hydrogen-bond donors (Lipinski definition) is 0. The van der Waals surface area contributed by atoms with E-state index in [-0.39, 0.29) is 5.91 Å². The lowest BCUT2D eigenvalue weighted by Crippen LogP contribution is -2.48. The standard InChI is InChI=1S/C12H13BrN2OS/c1-2-3-14-4-6-15(7-5-14)12(16)10-8-11(13)17-9-10/h1,8-9H,3-7H2. The van der Waals surface area contributed by atoms with Crippen molar-refractivity contribution in [2.24, 2.45) is 0 Å². The summed E-state index contributed by atoms with van der Waals surface area (Å²) >= 11 is 4.91. The first-order valence-corrected chi connectivity index (χ1v) is 7.07. The molecule has 3 nitrogen and oxygen atoms in total. The maximum absolute atomic E-state index is 12.1. The molecule has 1 fully saturated rings. The number of carbonyl (C=O) groups is 1. The number of hydrogen-bond acceptors (Lipinski definition) is 3. The summed E-state index contributed by atoms with van der Waals surface area (Å²) in [5, 5.41) is 1.89. The van der Waals surface area contributed by atoms with Crippen LogP contribution in [-0.2, 0) is 0 Å². The Morgan fingerprint density at radius 1 is 1.47 bits per heavy atom. The van der Waals surface area contributed by atoms with Crippen LogP contribution in [0.3, 0.4) is 0 Å². The Labute approximate surface area is 114 Å². The highest BCUT2D eigenvalue weighted by atomic mass is 79.9. The molecule has 1 aromatic heterocycles. The summed E-state index contributed by atoms with van der Waals surface area (Å²) in [4.78, 5) is 16.2. The molecule has 1 aliphatic heterocycles. The molecule has 17 heavy (non-hydrogen) atoms. The first kappa shape index (κ1) is 12.6. The lowest BCUT2D eigenvalue weighted by Gasteiger charge is -2.33. The summed E-state index contributed by atoms with van der Waals surface area (Å²) in [6.07, 6.45) is 5.27. The Balaban J connectivity index is 1.93. The Bertz CT molecular complexity index is 444. The summed E-state index contributed by atoms with van der Waals surface area (Å²) in [6.45, 7) is 3.91. The normalized spacial score (nSPS) is 16.8. The first-order chi connectivity index (χ1) is 8.20. The molecule has 0 saturated carbocycles. The van der Waals surface area contributed by atoms with Crippen molar-refractivity contribution >= 4 is 33.2 Å². The summed E-state index contributed by atoms with van der Waals surface area (Å²) in [5.74, 6) is 2.75. The second-order valence-corrected chi connectivity index (χ2v) is 6.20. The maximum Gasteiger partial charge on any atom is 0.254 e. The van der Waals surface area contributed by atoms with E-state index >= 15 is 0 Å². The van der Waals surface area contributed by atoms with Gasteiger partial charge < -0.3 is 4.90 Å². The minimum Gasteiger partial charge on any atom is -0.336 e. The third-order valence-corrected chi connectivity index (χ3v) is 4.29. The van der Waals surface area contributed by atoms with Gasteiger partial charge in [-0.25, -0.2) is 0 Å². The molecule has 0 aliphatic carbocycles. The second-order valence-electron chi connectivity index (χ2n) is 3.91. The highest BCUT2D eigenvalue weighted by molar-refractivity contribution is 9.11. The van der Waals surface area contributed by atoms with E-state index in [4.69, 9.17) is 6.42 Å². The van der Waals surface area contributed by atoms with Crippen LogP contribution in [0.5, 0.6) is 0 Å². The summed E-state index contributed by atoms with van der Waals surface area (Å²) in [6, 6.07) is 1.88. The van der Waals surface area contributed by atoms with Gasteiger partial charge in [-0.1, -0.05) is 5.92 Å². The molecule has 1 aromatic rings. The predicted octanol–water partition coefficient (Wildman–Crippen LogP) is 1.90. The third-order valence-electron chi connectivity index (χ3n) is 2.79. The highest BCUT2D eigenvalue weighted by Crippen LogP contribution is 2.22. The molecule has 1 saturated heterocycles. The fourth-order valence-corrected chi connectivity index (χ4v) is 2.97. The third kappa shape index (κ3) is 3.09. The van der Waals surface area contributed by atoms with Crippen LogP contribution >= 0.6 is 27.3 Å². The van der Waals surface area contributed by atoms with Crippen molar-refractivity contribution in [3.05, 3.63) is 20.8 Å². The zero-order chi connectivity index (χ0) is 12.3. The lowest BCUT2D eigenvalue weighted by atomic mass is 10.2. The van der Waals surface area contributed by atoms with E-state index in [2.05, 4.69) is 26.8 Å². The van der Waals surface area contributed by atoms with E-state index in [1.807, 2.05) is 16.3 Å². The van der Waals surface area contributed by atoms with E-state index in [0.717, 1.165) is 35.5 Å². The van der Waals surface area contributed by atoms with Gasteiger partial charge in [-0.15, -0.1) is 17.8 Å². The van der Waals surface area contributed by atoms with Gasteiger partial charge in [-0.3, -0.25) is 9.69 Å². The number of carbonyl (C=O) groups excluding carboxylic acids is 1. The molecule has 0 N–H and O–H groups in total. The topological polar surface area (TPSA) is 23.6 Å². The van der Waals surface area contributed by atoms with Gasteiger partial charge in [0.1, 0.15) is 0 Å². The molecule has 0 radical (unpaired) electrons. The summed E-state index contributed by atoms with van der Waals surface area (Å²) in [7, 11) is 0. The quantitative estimate of drug-likeness (QED) is 0.779. The van der Waals surface area contributed by atoms with Gasteiger partial charge in [0.15, 0.2) is 0 Å². The SMILES string of the molecule is C#CCN1CCN(C(=O)c2csc(Br)c2)CC1. The zero-order valence-electron chi connectivity index (χ0n) is 9.36. The van der Waals surface area contributed by atoms with Gasteiger partial charge in [0.05, 0.1) is 15.9 Å². The smallest absolute Gasteiger partial charge is 0.254 e. The largest absolute Gasteiger partial charge is 0.336 e. The van der Waals surface area contributed by atoms with Crippen LogP contribution in [0.15, 0.2) is 15.2 Å². The monoisotopic (exact) mass is 312 g/mol. The van der Waals surface area contributed by atoms with Gasteiger partial charge in [-0.05, 0) is 22.0 Å². The second kappa shape index (κ2) is 5.67. The minimum atomic E-state index is 0.118. The molecule has 90 valence electrons. The number of nitrogens with zero attached hydrogens (tertiary/aromatic N) is 2. The lowest BCUT2D eigenvalue weighted by molar-refractivity contribution is 0.0652. The number of rotatable bonds is 2. The van der Waals surface area contributed by atoms with Crippen LogP contribution in [0.1, 0.15) is 10.4 Å². The Kier molecular flexibility index (Phi) is 4.21. The van der Waals surface area contributed by atoms with Gasteiger partial charge >= 0.3 is 0 Å².